The summed E-state index contributed by atoms with van der Waals surface area (Å²) in [6.45, 7) is 1.68. The molecular weight excluding hydrogens is 385 g/mol. The van der Waals surface area contributed by atoms with Gasteiger partial charge in [0.05, 0.1) is 24.6 Å². The van der Waals surface area contributed by atoms with E-state index in [0.717, 1.165) is 12.3 Å². The van der Waals surface area contributed by atoms with E-state index >= 15 is 0 Å². The third-order valence-electron chi connectivity index (χ3n) is 3.65. The SMILES string of the molecule is COc1c(NS(C)(=O)=O)cc(C(F)(F)F)cc1-c1cc(C)ccc1C(N)=O. The molecule has 0 spiro atoms. The smallest absolute Gasteiger partial charge is 0.416 e. The van der Waals surface area contributed by atoms with Crippen LogP contribution in [-0.2, 0) is 16.2 Å². The third kappa shape index (κ3) is 4.70. The van der Waals surface area contributed by atoms with Crippen LogP contribution in [0.2, 0.25) is 0 Å². The predicted molar refractivity (Wildman–Crippen MR) is 95.2 cm³/mol. The molecule has 27 heavy (non-hydrogen) atoms. The summed E-state index contributed by atoms with van der Waals surface area (Å²) in [5.41, 5.74) is 4.45. The van der Waals surface area contributed by atoms with Gasteiger partial charge in [-0.15, -0.1) is 0 Å². The average Bonchev–Trinajstić information content (AvgIpc) is 2.51. The summed E-state index contributed by atoms with van der Waals surface area (Å²) >= 11 is 0. The van der Waals surface area contributed by atoms with E-state index in [1.807, 2.05) is 4.72 Å². The first kappa shape index (κ1) is 20.6. The van der Waals surface area contributed by atoms with Crippen LogP contribution in [-0.4, -0.2) is 27.7 Å². The molecule has 3 N–H and O–H groups in total. The standard InChI is InChI=1S/C17H17F3N2O4S/c1-9-4-5-11(16(21)23)12(6-9)13-7-10(17(18,19)20)8-14(15(13)26-2)22-27(3,24)25/h4-8,22H,1-3H3,(H2,21,23). The Morgan fingerprint density at radius 3 is 2.26 bits per heavy atom. The zero-order chi connectivity index (χ0) is 20.6. The molecule has 0 unspecified atom stereocenters. The van der Waals surface area contributed by atoms with Gasteiger partial charge in [0.15, 0.2) is 5.75 Å². The van der Waals surface area contributed by atoms with E-state index in [1.165, 1.54) is 19.2 Å². The number of rotatable bonds is 5. The van der Waals surface area contributed by atoms with Crippen LogP contribution in [0.3, 0.4) is 0 Å². The van der Waals surface area contributed by atoms with Crippen molar-refractivity contribution in [3.63, 3.8) is 0 Å². The van der Waals surface area contributed by atoms with Crippen LogP contribution in [0.1, 0.15) is 21.5 Å². The van der Waals surface area contributed by atoms with Crippen molar-refractivity contribution >= 4 is 21.6 Å². The number of hydrogen-bond donors (Lipinski definition) is 2. The number of primary amides is 1. The average molecular weight is 402 g/mol. The Labute approximate surface area is 154 Å². The summed E-state index contributed by atoms with van der Waals surface area (Å²) in [4.78, 5) is 11.7. The topological polar surface area (TPSA) is 98.5 Å². The maximum atomic E-state index is 13.4. The lowest BCUT2D eigenvalue weighted by Gasteiger charge is -2.19. The number of aryl methyl sites for hydroxylation is 1. The molecule has 0 bridgehead atoms. The zero-order valence-electron chi connectivity index (χ0n) is 14.6. The van der Waals surface area contributed by atoms with Crippen molar-refractivity contribution in [3.8, 4) is 16.9 Å². The second-order valence-corrected chi connectivity index (χ2v) is 7.64. The highest BCUT2D eigenvalue weighted by molar-refractivity contribution is 7.92. The summed E-state index contributed by atoms with van der Waals surface area (Å²) in [7, 11) is -2.71. The van der Waals surface area contributed by atoms with Crippen molar-refractivity contribution < 1.29 is 31.1 Å². The van der Waals surface area contributed by atoms with Crippen LogP contribution >= 0.6 is 0 Å². The molecule has 2 aromatic rings. The first-order valence-corrected chi connectivity index (χ1v) is 9.40. The van der Waals surface area contributed by atoms with E-state index < -0.39 is 33.4 Å². The summed E-state index contributed by atoms with van der Waals surface area (Å²) in [5, 5.41) is 0. The zero-order valence-corrected chi connectivity index (χ0v) is 15.5. The quantitative estimate of drug-likeness (QED) is 0.803. The van der Waals surface area contributed by atoms with Gasteiger partial charge < -0.3 is 10.5 Å². The molecule has 0 aromatic heterocycles. The molecule has 0 radical (unpaired) electrons. The lowest BCUT2D eigenvalue weighted by molar-refractivity contribution is -0.137. The molecule has 146 valence electrons. The number of nitrogens with one attached hydrogen (secondary N) is 1. The molecule has 6 nitrogen and oxygen atoms in total. The molecule has 2 rings (SSSR count). The van der Waals surface area contributed by atoms with E-state index in [-0.39, 0.29) is 22.4 Å². The summed E-state index contributed by atoms with van der Waals surface area (Å²) in [5.74, 6) is -1.01. The molecule has 1 amide bonds. The van der Waals surface area contributed by atoms with Crippen molar-refractivity contribution in [1.82, 2.24) is 0 Å². The number of sulfonamides is 1. The van der Waals surface area contributed by atoms with Gasteiger partial charge in [-0.2, -0.15) is 13.2 Å². The molecule has 0 aliphatic rings. The minimum atomic E-state index is -4.76. The van der Waals surface area contributed by atoms with Crippen molar-refractivity contribution in [2.75, 3.05) is 18.1 Å². The van der Waals surface area contributed by atoms with Crippen molar-refractivity contribution in [2.24, 2.45) is 5.73 Å². The predicted octanol–water partition coefficient (Wildman–Crippen LogP) is 3.16. The van der Waals surface area contributed by atoms with Gasteiger partial charge in [-0.3, -0.25) is 9.52 Å². The molecule has 0 aliphatic carbocycles. The first-order valence-electron chi connectivity index (χ1n) is 7.51. The monoisotopic (exact) mass is 402 g/mol. The van der Waals surface area contributed by atoms with E-state index in [4.69, 9.17) is 10.5 Å². The number of carbonyl (C=O) groups is 1. The van der Waals surface area contributed by atoms with Gasteiger partial charge in [-0.05, 0) is 30.7 Å². The fourth-order valence-corrected chi connectivity index (χ4v) is 3.13. The number of carbonyl (C=O) groups excluding carboxylic acids is 1. The lowest BCUT2D eigenvalue weighted by atomic mass is 9.94. The Bertz CT molecular complexity index is 1000. The minimum Gasteiger partial charge on any atom is -0.494 e. The molecule has 2 aromatic carbocycles. The summed E-state index contributed by atoms with van der Waals surface area (Å²) in [6, 6.07) is 5.86. The van der Waals surface area contributed by atoms with Gasteiger partial charge in [-0.1, -0.05) is 17.7 Å². The van der Waals surface area contributed by atoms with E-state index in [2.05, 4.69) is 0 Å². The fourth-order valence-electron chi connectivity index (χ4n) is 2.58. The fraction of sp³-hybridized carbons (Fsp3) is 0.235. The largest absolute Gasteiger partial charge is 0.494 e. The third-order valence-corrected chi connectivity index (χ3v) is 4.24. The number of anilines is 1. The number of nitrogens with two attached hydrogens (primary N) is 1. The highest BCUT2D eigenvalue weighted by Gasteiger charge is 2.33. The van der Waals surface area contributed by atoms with Gasteiger partial charge in [0.1, 0.15) is 0 Å². The van der Waals surface area contributed by atoms with Crippen LogP contribution in [0.5, 0.6) is 5.75 Å². The Morgan fingerprint density at radius 1 is 1.15 bits per heavy atom. The van der Waals surface area contributed by atoms with E-state index in [1.54, 1.807) is 13.0 Å². The van der Waals surface area contributed by atoms with Gasteiger partial charge in [0, 0.05) is 11.1 Å². The van der Waals surface area contributed by atoms with Crippen molar-refractivity contribution in [3.05, 3.63) is 47.0 Å². The molecule has 0 atom stereocenters. The second kappa shape index (κ2) is 7.10. The minimum absolute atomic E-state index is 0.0245. The number of alkyl halides is 3. The number of halogens is 3. The molecule has 0 saturated heterocycles. The van der Waals surface area contributed by atoms with Crippen LogP contribution in [0.4, 0.5) is 18.9 Å². The number of ether oxygens (including phenoxy) is 1. The number of hydrogen-bond acceptors (Lipinski definition) is 4. The summed E-state index contributed by atoms with van der Waals surface area (Å²) < 4.78 is 70.4. The molecule has 0 heterocycles. The van der Waals surface area contributed by atoms with Gasteiger partial charge in [0.25, 0.3) is 0 Å². The van der Waals surface area contributed by atoms with Crippen LogP contribution in [0.15, 0.2) is 30.3 Å². The van der Waals surface area contributed by atoms with E-state index in [0.29, 0.717) is 11.6 Å². The maximum absolute atomic E-state index is 13.4. The molecule has 0 fully saturated rings. The van der Waals surface area contributed by atoms with Crippen molar-refractivity contribution in [1.29, 1.82) is 0 Å². The Kier molecular flexibility index (Phi) is 5.41. The molecular formula is C17H17F3N2O4S. The van der Waals surface area contributed by atoms with Crippen LogP contribution in [0.25, 0.3) is 11.1 Å². The lowest BCUT2D eigenvalue weighted by Crippen LogP contribution is -2.15. The maximum Gasteiger partial charge on any atom is 0.416 e. The Morgan fingerprint density at radius 2 is 1.78 bits per heavy atom. The number of benzene rings is 2. The van der Waals surface area contributed by atoms with Gasteiger partial charge >= 0.3 is 6.18 Å². The Hall–Kier alpha value is -2.75. The van der Waals surface area contributed by atoms with Gasteiger partial charge in [0.2, 0.25) is 15.9 Å². The number of amides is 1. The second-order valence-electron chi connectivity index (χ2n) is 5.89. The van der Waals surface area contributed by atoms with Crippen molar-refractivity contribution in [2.45, 2.75) is 13.1 Å². The molecule has 0 saturated carbocycles. The van der Waals surface area contributed by atoms with Crippen LogP contribution < -0.4 is 15.2 Å². The van der Waals surface area contributed by atoms with Gasteiger partial charge in [-0.25, -0.2) is 8.42 Å². The molecule has 10 heteroatoms. The number of methoxy groups -OCH3 is 1. The first-order chi connectivity index (χ1) is 12.3. The highest BCUT2D eigenvalue weighted by Crippen LogP contribution is 2.43. The normalized spacial score (nSPS) is 11.9. The Balaban J connectivity index is 2.93. The highest BCUT2D eigenvalue weighted by atomic mass is 32.2. The summed E-state index contributed by atoms with van der Waals surface area (Å²) in [6.07, 6.45) is -3.96. The van der Waals surface area contributed by atoms with Crippen LogP contribution in [0, 0.1) is 6.92 Å². The van der Waals surface area contributed by atoms with E-state index in [9.17, 15) is 26.4 Å². The molecule has 0 aliphatic heterocycles.